The van der Waals surface area contributed by atoms with Crippen LogP contribution in [0.4, 0.5) is 0 Å². The molecule has 352 valence electrons. The number of hydrogen-bond acceptors (Lipinski definition) is 8. The Morgan fingerprint density at radius 1 is 0.875 bits per heavy atom. The molecule has 1 aromatic rings. The van der Waals surface area contributed by atoms with Gasteiger partial charge in [0.25, 0.3) is 0 Å². The first-order valence-electron chi connectivity index (χ1n) is 26.3. The van der Waals surface area contributed by atoms with E-state index in [1.54, 1.807) is 22.3 Å². The minimum absolute atomic E-state index is 0.0115. The van der Waals surface area contributed by atoms with E-state index >= 15 is 0 Å². The SMILES string of the molecule is CC(C)CCC[C@]12C[C@H](O)[C@H](O)C[C@H]1C(=O)C=C1[C@@H]2CC[C@]2(C)[C@@H]3C[C@@H](CSSC[C@H](n4ccnc4)CC(C)(C)C4=C5CCCC6(CCCC6)[C@@H]5C5=C6[C@@H](CCC5)C[C@@H]3[C@H](O)[C@H]64)[C@@]12O. The molecule has 64 heavy (non-hydrogen) atoms. The van der Waals surface area contributed by atoms with E-state index in [0.717, 1.165) is 68.4 Å². The summed E-state index contributed by atoms with van der Waals surface area (Å²) in [7, 11) is 3.87. The maximum Gasteiger partial charge on any atom is 0.159 e. The standard InChI is InChI=1S/C55H80N2O5S2/c1-32(2)11-9-19-54-28-45(60)44(59)26-42(54)43(58)25-41-39(54)15-20-52(5)40-24-34(55(41,52)62)29-63-64-30-35(57-22-21-56-31-57)27-51(3,4)49-37-14-10-18-53(16-6-7-17-53)48(37)36-13-8-12-33-23-38(40)50(61)47(49)46(33)36/h21-22,25,31-35,38-40,42,44-45,47-48,50,59-62H,6-20,23-24,26-30H2,1-5H3/t33-,34-,35+,38-,39-,40+,42-,44+,45-,47+,48+,50-,52+,54+,55+/m0/s1. The lowest BCUT2D eigenvalue weighted by Gasteiger charge is -2.63. The smallest absolute Gasteiger partial charge is 0.159 e. The predicted molar refractivity (Wildman–Crippen MR) is 258 cm³/mol. The van der Waals surface area contributed by atoms with Gasteiger partial charge in [-0.3, -0.25) is 4.79 Å². The Morgan fingerprint density at radius 2 is 1.64 bits per heavy atom. The van der Waals surface area contributed by atoms with Crippen LogP contribution in [0.25, 0.3) is 0 Å². The second-order valence-electron chi connectivity index (χ2n) is 25.0. The molecule has 6 saturated carbocycles. The Labute approximate surface area is 392 Å². The van der Waals surface area contributed by atoms with E-state index in [1.807, 2.05) is 40.2 Å². The fraction of sp³-hybridized carbons (Fsp3) is 0.818. The second-order valence-corrected chi connectivity index (χ2v) is 27.6. The molecule has 9 aliphatic carbocycles. The van der Waals surface area contributed by atoms with Gasteiger partial charge in [-0.05, 0) is 160 Å². The van der Waals surface area contributed by atoms with Gasteiger partial charge >= 0.3 is 0 Å². The Hall–Kier alpha value is -1.36. The summed E-state index contributed by atoms with van der Waals surface area (Å²) in [6.07, 6.45) is 26.8. The van der Waals surface area contributed by atoms with Crippen molar-refractivity contribution in [3.05, 3.63) is 52.7 Å². The molecule has 4 N–H and O–H groups in total. The van der Waals surface area contributed by atoms with Crippen LogP contribution in [0.5, 0.6) is 0 Å². The lowest BCUT2D eigenvalue weighted by molar-refractivity contribution is -0.165. The van der Waals surface area contributed by atoms with Gasteiger partial charge in [-0.15, -0.1) is 0 Å². The second kappa shape index (κ2) is 16.4. The predicted octanol–water partition coefficient (Wildman–Crippen LogP) is 11.2. The molecule has 11 rings (SSSR count). The average molecular weight is 913 g/mol. The van der Waals surface area contributed by atoms with Crippen LogP contribution in [0.1, 0.15) is 169 Å². The number of fused-ring (bicyclic) bond motifs is 14. The van der Waals surface area contributed by atoms with Crippen molar-refractivity contribution in [3.8, 4) is 0 Å². The number of aromatic nitrogens is 2. The van der Waals surface area contributed by atoms with Crippen LogP contribution in [0.3, 0.4) is 0 Å². The van der Waals surface area contributed by atoms with Crippen molar-refractivity contribution in [2.45, 2.75) is 193 Å². The van der Waals surface area contributed by atoms with Crippen molar-refractivity contribution in [2.75, 3.05) is 11.5 Å². The number of carbonyl (C=O) groups excluding carboxylic acids is 1. The highest BCUT2D eigenvalue weighted by Crippen LogP contribution is 2.74. The number of hydrogen-bond donors (Lipinski definition) is 4. The van der Waals surface area contributed by atoms with Crippen molar-refractivity contribution < 1.29 is 25.2 Å². The van der Waals surface area contributed by atoms with Gasteiger partial charge < -0.3 is 25.0 Å². The van der Waals surface area contributed by atoms with Crippen LogP contribution < -0.4 is 0 Å². The summed E-state index contributed by atoms with van der Waals surface area (Å²) in [6.45, 7) is 12.0. The summed E-state index contributed by atoms with van der Waals surface area (Å²) in [5.74, 6) is 3.17. The van der Waals surface area contributed by atoms with Crippen LogP contribution in [0.2, 0.25) is 0 Å². The van der Waals surface area contributed by atoms with Crippen LogP contribution in [0, 0.1) is 74.9 Å². The van der Waals surface area contributed by atoms with Gasteiger partial charge in [-0.1, -0.05) is 104 Å². The molecule has 9 heteroatoms. The van der Waals surface area contributed by atoms with Crippen molar-refractivity contribution in [2.24, 2.45) is 74.9 Å². The van der Waals surface area contributed by atoms with Gasteiger partial charge in [0, 0.05) is 59.0 Å². The number of imidazole rings is 1. The molecule has 1 aromatic heterocycles. The van der Waals surface area contributed by atoms with Gasteiger partial charge in [0.05, 0.1) is 30.2 Å². The van der Waals surface area contributed by atoms with Crippen LogP contribution >= 0.6 is 21.6 Å². The first-order chi connectivity index (χ1) is 30.6. The van der Waals surface area contributed by atoms with E-state index in [0.29, 0.717) is 36.0 Å². The van der Waals surface area contributed by atoms with E-state index in [2.05, 4.69) is 50.4 Å². The number of ketones is 1. The third-order valence-electron chi connectivity index (χ3n) is 21.3. The lowest BCUT2D eigenvalue weighted by atomic mass is 9.43. The normalized spacial score (nSPS) is 46.0. The number of aliphatic hydroxyl groups excluding tert-OH is 3. The molecule has 7 fully saturated rings. The molecule has 4 bridgehead atoms. The van der Waals surface area contributed by atoms with Crippen molar-refractivity contribution in [3.63, 3.8) is 0 Å². The molecular formula is C55H80N2O5S2. The zero-order valence-corrected chi connectivity index (χ0v) is 41.4. The summed E-state index contributed by atoms with van der Waals surface area (Å²) >= 11 is 0. The number of carbonyl (C=O) groups is 1. The van der Waals surface area contributed by atoms with E-state index < -0.39 is 34.7 Å². The Kier molecular flexibility index (Phi) is 11.5. The summed E-state index contributed by atoms with van der Waals surface area (Å²) in [4.78, 5) is 19.4. The molecule has 10 aliphatic rings. The number of allylic oxidation sites excluding steroid dienone is 3. The molecule has 1 spiro atoms. The Balaban J connectivity index is 1.06. The molecule has 2 heterocycles. The summed E-state index contributed by atoms with van der Waals surface area (Å²) in [5.41, 5.74) is 5.80. The van der Waals surface area contributed by atoms with Gasteiger partial charge in [0.1, 0.15) is 0 Å². The molecule has 15 atom stereocenters. The van der Waals surface area contributed by atoms with E-state index in [-0.39, 0.29) is 52.7 Å². The summed E-state index contributed by atoms with van der Waals surface area (Å²) in [6, 6.07) is 0.237. The highest BCUT2D eigenvalue weighted by atomic mass is 33.1. The van der Waals surface area contributed by atoms with Crippen molar-refractivity contribution in [1.29, 1.82) is 0 Å². The van der Waals surface area contributed by atoms with Gasteiger partial charge in [-0.2, -0.15) is 0 Å². The monoisotopic (exact) mass is 913 g/mol. The first-order valence-corrected chi connectivity index (χ1v) is 28.8. The molecule has 0 amide bonds. The van der Waals surface area contributed by atoms with Crippen LogP contribution in [-0.4, -0.2) is 71.2 Å². The van der Waals surface area contributed by atoms with Crippen LogP contribution in [-0.2, 0) is 4.79 Å². The quantitative estimate of drug-likeness (QED) is 0.171. The maximum atomic E-state index is 14.8. The maximum absolute atomic E-state index is 14.8. The lowest BCUT2D eigenvalue weighted by Crippen LogP contribution is -2.63. The molecule has 0 unspecified atom stereocenters. The fourth-order valence-electron chi connectivity index (χ4n) is 18.8. The van der Waals surface area contributed by atoms with Gasteiger partial charge in [0.2, 0.25) is 0 Å². The van der Waals surface area contributed by atoms with E-state index in [9.17, 15) is 25.2 Å². The van der Waals surface area contributed by atoms with Crippen molar-refractivity contribution >= 4 is 27.4 Å². The van der Waals surface area contributed by atoms with E-state index in [4.69, 9.17) is 0 Å². The Morgan fingerprint density at radius 3 is 2.41 bits per heavy atom. The summed E-state index contributed by atoms with van der Waals surface area (Å²) in [5, 5.41) is 50.6. The number of aliphatic hydroxyl groups is 4. The van der Waals surface area contributed by atoms with Gasteiger partial charge in [0.15, 0.2) is 5.78 Å². The largest absolute Gasteiger partial charge is 0.392 e. The highest BCUT2D eigenvalue weighted by Gasteiger charge is 2.72. The zero-order valence-electron chi connectivity index (χ0n) is 39.8. The molecule has 0 aromatic carbocycles. The minimum Gasteiger partial charge on any atom is -0.392 e. The van der Waals surface area contributed by atoms with Crippen LogP contribution in [0.15, 0.2) is 52.7 Å². The minimum atomic E-state index is -1.20. The van der Waals surface area contributed by atoms with E-state index in [1.165, 1.54) is 64.2 Å². The number of nitrogens with zero attached hydrogens (tertiary/aromatic N) is 2. The molecule has 0 radical (unpaired) electrons. The summed E-state index contributed by atoms with van der Waals surface area (Å²) < 4.78 is 2.35. The molecular weight excluding hydrogens is 833 g/mol. The third kappa shape index (κ3) is 6.61. The van der Waals surface area contributed by atoms with Crippen molar-refractivity contribution in [1.82, 2.24) is 9.55 Å². The zero-order chi connectivity index (χ0) is 44.6. The van der Waals surface area contributed by atoms with Gasteiger partial charge in [-0.25, -0.2) is 4.98 Å². The topological polar surface area (TPSA) is 116 Å². The molecule has 1 saturated heterocycles. The first kappa shape index (κ1) is 45.1. The molecule has 7 nitrogen and oxygen atoms in total. The molecule has 1 aliphatic heterocycles. The Bertz CT molecular complexity index is 2070. The number of rotatable bonds is 5. The fourth-order valence-corrected chi connectivity index (χ4v) is 21.6. The average Bonchev–Trinajstić information content (AvgIpc) is 4.01. The highest BCUT2D eigenvalue weighted by molar-refractivity contribution is 8.76. The third-order valence-corrected chi connectivity index (χ3v) is 23.8.